The molecule has 2 aromatic rings. The monoisotopic (exact) mass is 337 g/mol. The Morgan fingerprint density at radius 1 is 1.24 bits per heavy atom. The molecule has 3 nitrogen and oxygen atoms in total. The molecular weight excluding hydrogens is 317 g/mol. The van der Waals surface area contributed by atoms with Gasteiger partial charge in [-0.05, 0) is 36.6 Å². The van der Waals surface area contributed by atoms with Gasteiger partial charge in [0.15, 0.2) is 0 Å². The zero-order valence-corrected chi connectivity index (χ0v) is 14.2. The Bertz CT molecular complexity index is 853. The summed E-state index contributed by atoms with van der Waals surface area (Å²) in [6.45, 7) is 4.76. The van der Waals surface area contributed by atoms with Gasteiger partial charge in [-0.15, -0.1) is 0 Å². The summed E-state index contributed by atoms with van der Waals surface area (Å²) in [6, 6.07) is 11.1. The fourth-order valence-electron chi connectivity index (χ4n) is 3.77. The van der Waals surface area contributed by atoms with Crippen molar-refractivity contribution in [1.29, 1.82) is 0 Å². The summed E-state index contributed by atoms with van der Waals surface area (Å²) < 4.78 is 20.0. The Kier molecular flexibility index (Phi) is 3.64. The first kappa shape index (κ1) is 15.9. The van der Waals surface area contributed by atoms with Gasteiger partial charge in [-0.25, -0.2) is 4.39 Å². The van der Waals surface area contributed by atoms with Crippen molar-refractivity contribution in [3.8, 4) is 5.75 Å². The topological polar surface area (TPSA) is 29.5 Å². The van der Waals surface area contributed by atoms with Crippen LogP contribution >= 0.6 is 0 Å². The van der Waals surface area contributed by atoms with Crippen LogP contribution in [0.15, 0.2) is 43.0 Å². The number of hydrogen-bond acceptors (Lipinski definition) is 2. The van der Waals surface area contributed by atoms with Crippen LogP contribution in [0.4, 0.5) is 4.39 Å². The third kappa shape index (κ3) is 2.53. The predicted octanol–water partition coefficient (Wildman–Crippen LogP) is 4.16. The first-order valence-electron chi connectivity index (χ1n) is 8.45. The molecule has 1 saturated carbocycles. The summed E-state index contributed by atoms with van der Waals surface area (Å²) in [5, 5.41) is 0. The summed E-state index contributed by atoms with van der Waals surface area (Å²) in [6.07, 6.45) is 3.35. The lowest BCUT2D eigenvalue weighted by Crippen LogP contribution is -2.43. The second-order valence-electron chi connectivity index (χ2n) is 6.89. The van der Waals surface area contributed by atoms with E-state index in [-0.39, 0.29) is 17.1 Å². The van der Waals surface area contributed by atoms with E-state index in [1.807, 2.05) is 29.2 Å². The van der Waals surface area contributed by atoms with Crippen LogP contribution in [-0.4, -0.2) is 24.5 Å². The second-order valence-corrected chi connectivity index (χ2v) is 6.89. The van der Waals surface area contributed by atoms with Gasteiger partial charge in [-0.1, -0.05) is 30.9 Å². The molecule has 1 amide bonds. The van der Waals surface area contributed by atoms with Crippen molar-refractivity contribution in [3.05, 3.63) is 71.0 Å². The third-order valence-electron chi connectivity index (χ3n) is 5.32. The first-order chi connectivity index (χ1) is 12.1. The minimum atomic E-state index is -0.276. The average molecular weight is 337 g/mol. The van der Waals surface area contributed by atoms with Gasteiger partial charge >= 0.3 is 0 Å². The highest BCUT2D eigenvalue weighted by molar-refractivity contribution is 5.98. The lowest BCUT2D eigenvalue weighted by Gasteiger charge is -2.35. The minimum Gasteiger partial charge on any atom is -0.497 e. The molecule has 0 N–H and O–H groups in total. The number of halogens is 1. The number of ether oxygens (including phenoxy) is 1. The largest absolute Gasteiger partial charge is 0.497 e. The van der Waals surface area contributed by atoms with Gasteiger partial charge in [-0.2, -0.15) is 0 Å². The summed E-state index contributed by atoms with van der Waals surface area (Å²) in [7, 11) is 1.63. The van der Waals surface area contributed by atoms with E-state index in [1.165, 1.54) is 6.08 Å². The molecule has 1 fully saturated rings. The van der Waals surface area contributed by atoms with Crippen LogP contribution in [0.2, 0.25) is 0 Å². The Balaban J connectivity index is 1.68. The number of carbonyl (C=O) groups is 1. The van der Waals surface area contributed by atoms with Gasteiger partial charge < -0.3 is 9.64 Å². The van der Waals surface area contributed by atoms with E-state index in [4.69, 9.17) is 4.74 Å². The van der Waals surface area contributed by atoms with E-state index < -0.39 is 0 Å². The van der Waals surface area contributed by atoms with Crippen LogP contribution in [0, 0.1) is 5.82 Å². The number of methoxy groups -OCH3 is 1. The predicted molar refractivity (Wildman–Crippen MR) is 95.1 cm³/mol. The molecule has 0 atom stereocenters. The van der Waals surface area contributed by atoms with Gasteiger partial charge in [0, 0.05) is 35.2 Å². The molecular formula is C21H20FNO2. The number of carbonyl (C=O) groups excluding carboxylic acids is 1. The molecule has 1 heterocycles. The Morgan fingerprint density at radius 3 is 2.56 bits per heavy atom. The first-order valence-corrected chi connectivity index (χ1v) is 8.45. The summed E-state index contributed by atoms with van der Waals surface area (Å²) in [5.74, 6) is 0.414. The molecule has 0 bridgehead atoms. The molecule has 0 aromatic heterocycles. The second kappa shape index (κ2) is 5.73. The highest BCUT2D eigenvalue weighted by Crippen LogP contribution is 2.53. The minimum absolute atomic E-state index is 0.0992. The molecule has 0 saturated heterocycles. The maximum Gasteiger partial charge on any atom is 0.254 e. The fraction of sp³-hybridized carbons (Fsp3) is 0.286. The van der Waals surface area contributed by atoms with E-state index in [2.05, 4.69) is 6.58 Å². The number of rotatable bonds is 4. The Morgan fingerprint density at radius 2 is 1.96 bits per heavy atom. The number of amides is 1. The Hall–Kier alpha value is -2.62. The molecule has 1 spiro atoms. The van der Waals surface area contributed by atoms with Crippen LogP contribution in [0.1, 0.15) is 39.9 Å². The quantitative estimate of drug-likeness (QED) is 0.838. The fourth-order valence-corrected chi connectivity index (χ4v) is 3.77. The van der Waals surface area contributed by atoms with Crippen LogP contribution in [0.3, 0.4) is 0 Å². The van der Waals surface area contributed by atoms with Gasteiger partial charge in [-0.3, -0.25) is 4.79 Å². The maximum atomic E-state index is 14.8. The number of hydrogen-bond donors (Lipinski definition) is 0. The normalized spacial score (nSPS) is 17.4. The van der Waals surface area contributed by atoms with E-state index in [0.29, 0.717) is 29.8 Å². The molecule has 128 valence electrons. The highest BCUT2D eigenvalue weighted by Gasteiger charge is 2.53. The standard InChI is InChI=1S/C21H20FNO2/c1-3-15-6-9-17-18(19(15)22)21(10-11-21)13-23(20(17)24)12-14-4-7-16(25-2)8-5-14/h3-9H,1,10-13H2,2H3. The average Bonchev–Trinajstić information content (AvgIpc) is 3.40. The molecule has 0 unspecified atom stereocenters. The van der Waals surface area contributed by atoms with Crippen LogP contribution in [-0.2, 0) is 12.0 Å². The number of nitrogens with zero attached hydrogens (tertiary/aromatic N) is 1. The summed E-state index contributed by atoms with van der Waals surface area (Å²) >= 11 is 0. The van der Waals surface area contributed by atoms with Crippen molar-refractivity contribution in [2.24, 2.45) is 0 Å². The molecule has 1 aliphatic heterocycles. The van der Waals surface area contributed by atoms with Crippen molar-refractivity contribution >= 4 is 12.0 Å². The van der Waals surface area contributed by atoms with Gasteiger partial charge in [0.2, 0.25) is 0 Å². The lowest BCUT2D eigenvalue weighted by atomic mass is 9.84. The van der Waals surface area contributed by atoms with Crippen molar-refractivity contribution in [1.82, 2.24) is 4.90 Å². The lowest BCUT2D eigenvalue weighted by molar-refractivity contribution is 0.0695. The molecule has 4 rings (SSSR count). The summed E-state index contributed by atoms with van der Waals surface area (Å²) in [4.78, 5) is 14.8. The zero-order valence-electron chi connectivity index (χ0n) is 14.2. The molecule has 2 aromatic carbocycles. The maximum absolute atomic E-state index is 14.8. The SMILES string of the molecule is C=Cc1ccc2c(c1F)C1(CC1)CN(Cc1ccc(OC)cc1)C2=O. The van der Waals surface area contributed by atoms with Gasteiger partial charge in [0.25, 0.3) is 5.91 Å². The van der Waals surface area contributed by atoms with E-state index in [1.54, 1.807) is 19.2 Å². The van der Waals surface area contributed by atoms with Crippen LogP contribution < -0.4 is 4.74 Å². The smallest absolute Gasteiger partial charge is 0.254 e. The van der Waals surface area contributed by atoms with Crippen LogP contribution in [0.5, 0.6) is 5.75 Å². The van der Waals surface area contributed by atoms with E-state index in [0.717, 1.165) is 24.2 Å². The highest BCUT2D eigenvalue weighted by atomic mass is 19.1. The van der Waals surface area contributed by atoms with Crippen molar-refractivity contribution in [2.75, 3.05) is 13.7 Å². The van der Waals surface area contributed by atoms with Crippen LogP contribution in [0.25, 0.3) is 6.08 Å². The number of fused-ring (bicyclic) bond motifs is 2. The van der Waals surface area contributed by atoms with E-state index in [9.17, 15) is 9.18 Å². The van der Waals surface area contributed by atoms with E-state index >= 15 is 0 Å². The molecule has 1 aliphatic carbocycles. The zero-order chi connectivity index (χ0) is 17.6. The number of benzene rings is 2. The summed E-state index contributed by atoms with van der Waals surface area (Å²) in [5.41, 5.74) is 2.39. The molecule has 4 heteroatoms. The molecule has 25 heavy (non-hydrogen) atoms. The molecule has 2 aliphatic rings. The van der Waals surface area contributed by atoms with Gasteiger partial charge in [0.1, 0.15) is 11.6 Å². The Labute approximate surface area is 146 Å². The third-order valence-corrected chi connectivity index (χ3v) is 5.32. The van der Waals surface area contributed by atoms with Crippen molar-refractivity contribution < 1.29 is 13.9 Å². The van der Waals surface area contributed by atoms with Gasteiger partial charge in [0.05, 0.1) is 7.11 Å². The van der Waals surface area contributed by atoms with Crippen molar-refractivity contribution in [3.63, 3.8) is 0 Å². The van der Waals surface area contributed by atoms with Crippen molar-refractivity contribution in [2.45, 2.75) is 24.8 Å². The molecule has 0 radical (unpaired) electrons.